The molecule has 8 heteroatoms. The molecule has 192 valence electrons. The molecule has 0 heterocycles. The summed E-state index contributed by atoms with van der Waals surface area (Å²) in [5.41, 5.74) is 3.11. The highest BCUT2D eigenvalue weighted by Crippen LogP contribution is 2.35. The normalized spacial score (nSPS) is 11.4. The number of hydrogen-bond acceptors (Lipinski definition) is 5. The van der Waals surface area contributed by atoms with Gasteiger partial charge in [0.15, 0.2) is 0 Å². The standard InChI is InChI=1S/C28H32ClNO5S/c1-6-14-35-26-13-11-22(34-5)17-24(26)20-10-12-23(21(16-20)15-18(2)3)28(31)30-36(32,33)27-9-7-8-25(29)19(27)4/h7-13,16-18H,6,14-15H2,1-5H3,(H,30,31). The van der Waals surface area contributed by atoms with E-state index in [1.165, 1.54) is 6.07 Å². The molecule has 0 spiro atoms. The molecule has 0 radical (unpaired) electrons. The summed E-state index contributed by atoms with van der Waals surface area (Å²) in [4.78, 5) is 13.2. The Morgan fingerprint density at radius 1 is 1.08 bits per heavy atom. The quantitative estimate of drug-likeness (QED) is 0.327. The Hall–Kier alpha value is -3.03. The molecule has 0 fully saturated rings. The fourth-order valence-corrected chi connectivity index (χ4v) is 5.37. The summed E-state index contributed by atoms with van der Waals surface area (Å²) < 4.78 is 39.6. The van der Waals surface area contributed by atoms with Crippen LogP contribution in [0.3, 0.4) is 0 Å². The summed E-state index contributed by atoms with van der Waals surface area (Å²) in [7, 11) is -2.51. The van der Waals surface area contributed by atoms with E-state index in [1.54, 1.807) is 38.3 Å². The van der Waals surface area contributed by atoms with Gasteiger partial charge in [-0.2, -0.15) is 0 Å². The van der Waals surface area contributed by atoms with Crippen molar-refractivity contribution < 1.29 is 22.7 Å². The molecule has 0 saturated heterocycles. The summed E-state index contributed by atoms with van der Waals surface area (Å²) >= 11 is 6.10. The SMILES string of the molecule is CCCOc1ccc(OC)cc1-c1ccc(C(=O)NS(=O)(=O)c2cccc(Cl)c2C)c(CC(C)C)c1. The van der Waals surface area contributed by atoms with Crippen molar-refractivity contribution in [3.63, 3.8) is 0 Å². The number of sulfonamides is 1. The third-order valence-corrected chi connectivity index (χ3v) is 7.56. The van der Waals surface area contributed by atoms with Crippen molar-refractivity contribution in [3.8, 4) is 22.6 Å². The molecular formula is C28H32ClNO5S. The Balaban J connectivity index is 2.03. The lowest BCUT2D eigenvalue weighted by molar-refractivity contribution is 0.0980. The zero-order valence-electron chi connectivity index (χ0n) is 21.2. The van der Waals surface area contributed by atoms with Gasteiger partial charge in [-0.1, -0.05) is 50.6 Å². The maximum Gasteiger partial charge on any atom is 0.265 e. The van der Waals surface area contributed by atoms with E-state index in [9.17, 15) is 13.2 Å². The molecule has 0 saturated carbocycles. The van der Waals surface area contributed by atoms with E-state index in [-0.39, 0.29) is 10.8 Å². The van der Waals surface area contributed by atoms with E-state index in [2.05, 4.69) is 4.72 Å². The largest absolute Gasteiger partial charge is 0.497 e. The average Bonchev–Trinajstić information content (AvgIpc) is 2.83. The average molecular weight is 530 g/mol. The van der Waals surface area contributed by atoms with Crippen LogP contribution in [0.5, 0.6) is 11.5 Å². The Bertz CT molecular complexity index is 1350. The first-order valence-corrected chi connectivity index (χ1v) is 13.7. The maximum atomic E-state index is 13.2. The third kappa shape index (κ3) is 6.39. The molecule has 0 atom stereocenters. The minimum atomic E-state index is -4.11. The van der Waals surface area contributed by atoms with Gasteiger partial charge in [-0.3, -0.25) is 4.79 Å². The van der Waals surface area contributed by atoms with Gasteiger partial charge in [0.1, 0.15) is 11.5 Å². The molecule has 3 rings (SSSR count). The number of nitrogens with one attached hydrogen (secondary N) is 1. The van der Waals surface area contributed by atoms with Crippen molar-refractivity contribution in [1.82, 2.24) is 4.72 Å². The molecule has 3 aromatic carbocycles. The van der Waals surface area contributed by atoms with Gasteiger partial charge in [-0.15, -0.1) is 0 Å². The lowest BCUT2D eigenvalue weighted by Crippen LogP contribution is -2.32. The third-order valence-electron chi connectivity index (χ3n) is 5.67. The fourth-order valence-electron chi connectivity index (χ4n) is 3.90. The molecule has 1 N–H and O–H groups in total. The number of carbonyl (C=O) groups is 1. The first kappa shape index (κ1) is 27.6. The van der Waals surface area contributed by atoms with Gasteiger partial charge >= 0.3 is 0 Å². The summed E-state index contributed by atoms with van der Waals surface area (Å²) in [5, 5.41) is 0.314. The van der Waals surface area contributed by atoms with Crippen molar-refractivity contribution in [3.05, 3.63) is 76.3 Å². The van der Waals surface area contributed by atoms with Crippen molar-refractivity contribution in [2.24, 2.45) is 5.92 Å². The maximum absolute atomic E-state index is 13.2. The second-order valence-corrected chi connectivity index (χ2v) is 11.0. The van der Waals surface area contributed by atoms with Crippen LogP contribution in [0.4, 0.5) is 0 Å². The minimum absolute atomic E-state index is 0.0283. The number of benzene rings is 3. The second kappa shape index (κ2) is 11.8. The van der Waals surface area contributed by atoms with Gasteiger partial charge in [-0.05, 0) is 78.8 Å². The molecule has 1 amide bonds. The van der Waals surface area contributed by atoms with E-state index in [0.29, 0.717) is 40.7 Å². The van der Waals surface area contributed by atoms with Crippen molar-refractivity contribution in [2.75, 3.05) is 13.7 Å². The molecule has 36 heavy (non-hydrogen) atoms. The van der Waals surface area contributed by atoms with E-state index in [1.807, 2.05) is 45.0 Å². The molecule has 3 aromatic rings. The summed E-state index contributed by atoms with van der Waals surface area (Å²) in [5.74, 6) is 0.942. The van der Waals surface area contributed by atoms with Gasteiger partial charge in [0.2, 0.25) is 0 Å². The van der Waals surface area contributed by atoms with E-state index < -0.39 is 15.9 Å². The number of carbonyl (C=O) groups excluding carboxylic acids is 1. The summed E-state index contributed by atoms with van der Waals surface area (Å²) in [6, 6.07) is 15.5. The van der Waals surface area contributed by atoms with Crippen LogP contribution in [0.15, 0.2) is 59.5 Å². The zero-order chi connectivity index (χ0) is 26.5. The number of amides is 1. The van der Waals surface area contributed by atoms with E-state index in [4.69, 9.17) is 21.1 Å². The highest BCUT2D eigenvalue weighted by molar-refractivity contribution is 7.90. The van der Waals surface area contributed by atoms with Gasteiger partial charge < -0.3 is 9.47 Å². The molecule has 6 nitrogen and oxygen atoms in total. The number of ether oxygens (including phenoxy) is 2. The highest BCUT2D eigenvalue weighted by Gasteiger charge is 2.24. The lowest BCUT2D eigenvalue weighted by atomic mass is 9.93. The van der Waals surface area contributed by atoms with Crippen LogP contribution in [0.2, 0.25) is 5.02 Å². The second-order valence-electron chi connectivity index (χ2n) is 8.98. The molecular weight excluding hydrogens is 498 g/mol. The highest BCUT2D eigenvalue weighted by atomic mass is 35.5. The Morgan fingerprint density at radius 2 is 1.83 bits per heavy atom. The topological polar surface area (TPSA) is 81.7 Å². The summed E-state index contributed by atoms with van der Waals surface area (Å²) in [6.45, 7) is 8.30. The lowest BCUT2D eigenvalue weighted by Gasteiger charge is -2.17. The van der Waals surface area contributed by atoms with E-state index in [0.717, 1.165) is 23.1 Å². The van der Waals surface area contributed by atoms with Crippen LogP contribution in [0.25, 0.3) is 11.1 Å². The van der Waals surface area contributed by atoms with Crippen molar-refractivity contribution in [2.45, 2.75) is 45.4 Å². The molecule has 0 aliphatic heterocycles. The van der Waals surface area contributed by atoms with Gasteiger partial charge in [0, 0.05) is 16.1 Å². The molecule has 0 unspecified atom stereocenters. The minimum Gasteiger partial charge on any atom is -0.497 e. The molecule has 0 aliphatic carbocycles. The van der Waals surface area contributed by atoms with Crippen LogP contribution >= 0.6 is 11.6 Å². The first-order chi connectivity index (χ1) is 17.1. The number of hydrogen-bond donors (Lipinski definition) is 1. The predicted molar refractivity (Wildman–Crippen MR) is 144 cm³/mol. The molecule has 0 aliphatic rings. The predicted octanol–water partition coefficient (Wildman–Crippen LogP) is 6.43. The Labute approximate surface area is 218 Å². The first-order valence-electron chi connectivity index (χ1n) is 11.8. The van der Waals surface area contributed by atoms with Crippen LogP contribution in [-0.4, -0.2) is 28.0 Å². The monoisotopic (exact) mass is 529 g/mol. The van der Waals surface area contributed by atoms with Gasteiger partial charge in [0.05, 0.1) is 18.6 Å². The van der Waals surface area contributed by atoms with E-state index >= 15 is 0 Å². The van der Waals surface area contributed by atoms with Crippen molar-refractivity contribution in [1.29, 1.82) is 0 Å². The van der Waals surface area contributed by atoms with Crippen molar-refractivity contribution >= 4 is 27.5 Å². The molecule has 0 bridgehead atoms. The fraction of sp³-hybridized carbons (Fsp3) is 0.321. The van der Waals surface area contributed by atoms with Crippen LogP contribution < -0.4 is 14.2 Å². The number of halogens is 1. The molecule has 0 aromatic heterocycles. The number of rotatable bonds is 10. The Kier molecular flexibility index (Phi) is 9.03. The summed E-state index contributed by atoms with van der Waals surface area (Å²) in [6.07, 6.45) is 1.45. The van der Waals surface area contributed by atoms with Gasteiger partial charge in [-0.25, -0.2) is 13.1 Å². The van der Waals surface area contributed by atoms with Crippen LogP contribution in [0, 0.1) is 12.8 Å². The van der Waals surface area contributed by atoms with Gasteiger partial charge in [0.25, 0.3) is 15.9 Å². The van der Waals surface area contributed by atoms with Crippen LogP contribution in [0.1, 0.15) is 48.7 Å². The smallest absolute Gasteiger partial charge is 0.265 e. The Morgan fingerprint density at radius 3 is 2.50 bits per heavy atom. The zero-order valence-corrected chi connectivity index (χ0v) is 22.8. The number of methoxy groups -OCH3 is 1. The van der Waals surface area contributed by atoms with Crippen LogP contribution in [-0.2, 0) is 16.4 Å².